The van der Waals surface area contributed by atoms with Crippen LogP contribution in [0.4, 0.5) is 0 Å². The minimum absolute atomic E-state index is 0.591. The van der Waals surface area contributed by atoms with Gasteiger partial charge in [-0.3, -0.25) is 0 Å². The molecule has 2 unspecified atom stereocenters. The fourth-order valence-corrected chi connectivity index (χ4v) is 5.23. The van der Waals surface area contributed by atoms with Gasteiger partial charge in [0.15, 0.2) is 12.4 Å². The molecule has 5 aromatic rings. The van der Waals surface area contributed by atoms with Gasteiger partial charge in [0.2, 0.25) is 12.1 Å². The predicted octanol–water partition coefficient (Wildman–Crippen LogP) is 5.40. The first kappa shape index (κ1) is 15.4. The fraction of sp³-hybridized carbons (Fsp3) is 0.111. The molecule has 0 amide bonds. The SMILES string of the molecule is c1ccc(-c2cc[n+]3c4c2ccc2c(-c5ccccc5)cc[n+](c24)C2CC23)cc1. The highest BCUT2D eigenvalue weighted by atomic mass is 15.2. The second-order valence-electron chi connectivity index (χ2n) is 8.23. The average Bonchev–Trinajstić information content (AvgIpc) is 3.60. The molecule has 29 heavy (non-hydrogen) atoms. The molecule has 1 fully saturated rings. The predicted molar refractivity (Wildman–Crippen MR) is 115 cm³/mol. The van der Waals surface area contributed by atoms with Crippen LogP contribution in [0.25, 0.3) is 44.1 Å². The first-order valence-electron chi connectivity index (χ1n) is 10.4. The Labute approximate surface area is 169 Å². The molecule has 7 rings (SSSR count). The van der Waals surface area contributed by atoms with E-state index in [-0.39, 0.29) is 0 Å². The highest BCUT2D eigenvalue weighted by Gasteiger charge is 2.59. The van der Waals surface area contributed by atoms with Gasteiger partial charge >= 0.3 is 0 Å². The van der Waals surface area contributed by atoms with E-state index in [4.69, 9.17) is 0 Å². The van der Waals surface area contributed by atoms with Crippen LogP contribution in [-0.4, -0.2) is 0 Å². The molecular weight excluding hydrogens is 352 g/mol. The van der Waals surface area contributed by atoms with Gasteiger partial charge in [0.1, 0.15) is 0 Å². The minimum Gasteiger partial charge on any atom is -0.183 e. The fourth-order valence-electron chi connectivity index (χ4n) is 5.23. The van der Waals surface area contributed by atoms with Gasteiger partial charge in [0.05, 0.1) is 17.2 Å². The Morgan fingerprint density at radius 2 is 0.966 bits per heavy atom. The highest BCUT2D eigenvalue weighted by Crippen LogP contribution is 2.46. The molecule has 0 bridgehead atoms. The second-order valence-corrected chi connectivity index (χ2v) is 8.23. The van der Waals surface area contributed by atoms with Crippen molar-refractivity contribution in [3.05, 3.63) is 97.3 Å². The van der Waals surface area contributed by atoms with Crippen LogP contribution >= 0.6 is 0 Å². The third kappa shape index (κ3) is 2.06. The Hall–Kier alpha value is -3.52. The molecular formula is C27H20N2+2. The quantitative estimate of drug-likeness (QED) is 0.289. The Morgan fingerprint density at radius 3 is 1.41 bits per heavy atom. The number of pyridine rings is 2. The molecule has 3 aromatic carbocycles. The normalized spacial score (nSPS) is 18.9. The zero-order chi connectivity index (χ0) is 18.9. The van der Waals surface area contributed by atoms with Crippen LogP contribution in [0.1, 0.15) is 18.5 Å². The summed E-state index contributed by atoms with van der Waals surface area (Å²) in [5.41, 5.74) is 7.94. The van der Waals surface area contributed by atoms with Gasteiger partial charge in [-0.2, -0.15) is 9.13 Å². The summed E-state index contributed by atoms with van der Waals surface area (Å²) in [6, 6.07) is 32.0. The van der Waals surface area contributed by atoms with Crippen LogP contribution in [-0.2, 0) is 0 Å². The summed E-state index contributed by atoms with van der Waals surface area (Å²) in [7, 11) is 0. The monoisotopic (exact) mass is 372 g/mol. The van der Waals surface area contributed by atoms with E-state index in [1.54, 1.807) is 0 Å². The van der Waals surface area contributed by atoms with Gasteiger partial charge in [-0.15, -0.1) is 0 Å². The maximum absolute atomic E-state index is 2.53. The van der Waals surface area contributed by atoms with Gasteiger partial charge in [0.25, 0.3) is 11.0 Å². The minimum atomic E-state index is 0.591. The molecule has 2 aromatic heterocycles. The zero-order valence-corrected chi connectivity index (χ0v) is 16.0. The third-order valence-electron chi connectivity index (χ3n) is 6.66. The van der Waals surface area contributed by atoms with E-state index in [9.17, 15) is 0 Å². The van der Waals surface area contributed by atoms with Crippen LogP contribution in [0.3, 0.4) is 0 Å². The van der Waals surface area contributed by atoms with Crippen molar-refractivity contribution in [2.45, 2.75) is 18.5 Å². The van der Waals surface area contributed by atoms with E-state index >= 15 is 0 Å². The number of fused-ring (bicyclic) bond motifs is 3. The van der Waals surface area contributed by atoms with Crippen LogP contribution in [0, 0.1) is 0 Å². The van der Waals surface area contributed by atoms with Crippen LogP contribution in [0.5, 0.6) is 0 Å². The van der Waals surface area contributed by atoms with Gasteiger partial charge in [0, 0.05) is 23.3 Å². The maximum Gasteiger partial charge on any atom is 0.286 e. The van der Waals surface area contributed by atoms with Crippen molar-refractivity contribution < 1.29 is 9.13 Å². The molecule has 1 aliphatic heterocycles. The molecule has 0 N–H and O–H groups in total. The molecule has 2 heteroatoms. The van der Waals surface area contributed by atoms with E-state index < -0.39 is 0 Å². The Balaban J connectivity index is 1.63. The highest BCUT2D eigenvalue weighted by molar-refractivity contribution is 6.09. The second kappa shape index (κ2) is 5.51. The van der Waals surface area contributed by atoms with Crippen molar-refractivity contribution in [3.8, 4) is 22.3 Å². The van der Waals surface area contributed by atoms with Gasteiger partial charge in [-0.25, -0.2) is 0 Å². The van der Waals surface area contributed by atoms with E-state index in [0.29, 0.717) is 12.1 Å². The Bertz CT molecular complexity index is 1310. The summed E-state index contributed by atoms with van der Waals surface area (Å²) in [4.78, 5) is 0. The van der Waals surface area contributed by atoms with Crippen molar-refractivity contribution in [1.82, 2.24) is 0 Å². The van der Waals surface area contributed by atoms with Crippen LogP contribution in [0.15, 0.2) is 97.3 Å². The molecule has 2 aliphatic rings. The third-order valence-corrected chi connectivity index (χ3v) is 6.66. The Kier molecular flexibility index (Phi) is 2.93. The van der Waals surface area contributed by atoms with Crippen molar-refractivity contribution in [2.75, 3.05) is 0 Å². The molecule has 2 atom stereocenters. The lowest BCUT2D eigenvalue weighted by Gasteiger charge is -2.13. The molecule has 136 valence electrons. The van der Waals surface area contributed by atoms with Crippen LogP contribution < -0.4 is 9.13 Å². The molecule has 0 radical (unpaired) electrons. The number of hydrogen-bond acceptors (Lipinski definition) is 0. The lowest BCUT2D eigenvalue weighted by Crippen LogP contribution is -2.46. The standard InChI is InChI=1S/C27H20N2/c1-3-7-18(8-4-1)20-13-15-28-24-17-25(24)29-16-14-21(19-9-5-2-6-10-19)23-12-11-22(20)26(28)27(23)29/h1-16,24-25H,17H2/q+2. The van der Waals surface area contributed by atoms with Crippen molar-refractivity contribution in [3.63, 3.8) is 0 Å². The summed E-state index contributed by atoms with van der Waals surface area (Å²) in [6.45, 7) is 0. The summed E-state index contributed by atoms with van der Waals surface area (Å²) in [6.07, 6.45) is 5.85. The van der Waals surface area contributed by atoms with Gasteiger partial charge in [-0.05, 0) is 23.3 Å². The molecule has 3 heterocycles. The van der Waals surface area contributed by atoms with E-state index in [0.717, 1.165) is 0 Å². The number of nitrogens with zero attached hydrogens (tertiary/aromatic N) is 2. The lowest BCUT2D eigenvalue weighted by molar-refractivity contribution is -0.757. The molecule has 0 spiro atoms. The molecule has 1 aliphatic carbocycles. The maximum atomic E-state index is 2.53. The Morgan fingerprint density at radius 1 is 0.517 bits per heavy atom. The topological polar surface area (TPSA) is 7.76 Å². The lowest BCUT2D eigenvalue weighted by atomic mass is 9.95. The van der Waals surface area contributed by atoms with E-state index in [1.807, 2.05) is 0 Å². The number of aromatic nitrogens is 2. The van der Waals surface area contributed by atoms with E-state index in [2.05, 4.69) is 106 Å². The first-order chi connectivity index (χ1) is 14.4. The largest absolute Gasteiger partial charge is 0.286 e. The number of hydrogen-bond donors (Lipinski definition) is 0. The number of rotatable bonds is 2. The van der Waals surface area contributed by atoms with Gasteiger partial charge < -0.3 is 0 Å². The van der Waals surface area contributed by atoms with Crippen LogP contribution in [0.2, 0.25) is 0 Å². The summed E-state index contributed by atoms with van der Waals surface area (Å²) < 4.78 is 5.06. The van der Waals surface area contributed by atoms with Crippen molar-refractivity contribution in [2.24, 2.45) is 0 Å². The molecule has 2 nitrogen and oxygen atoms in total. The zero-order valence-electron chi connectivity index (χ0n) is 16.0. The summed E-state index contributed by atoms with van der Waals surface area (Å²) in [5.74, 6) is 0. The summed E-state index contributed by atoms with van der Waals surface area (Å²) >= 11 is 0. The first-order valence-corrected chi connectivity index (χ1v) is 10.4. The van der Waals surface area contributed by atoms with Gasteiger partial charge in [-0.1, -0.05) is 60.7 Å². The smallest absolute Gasteiger partial charge is 0.183 e. The van der Waals surface area contributed by atoms with Crippen molar-refractivity contribution in [1.29, 1.82) is 0 Å². The molecule has 0 saturated heterocycles. The number of benzene rings is 3. The average molecular weight is 372 g/mol. The molecule has 1 saturated carbocycles. The van der Waals surface area contributed by atoms with E-state index in [1.165, 1.54) is 50.5 Å². The summed E-state index contributed by atoms with van der Waals surface area (Å²) in [5, 5.41) is 2.69. The van der Waals surface area contributed by atoms with Crippen molar-refractivity contribution >= 4 is 21.8 Å².